The lowest BCUT2D eigenvalue weighted by Crippen LogP contribution is -2.27. The molecule has 0 unspecified atom stereocenters. The molecular weight excluding hydrogens is 422 g/mol. The number of nitrogens with zero attached hydrogens (tertiary/aromatic N) is 2. The maximum Gasteiger partial charge on any atom is 0.411 e. The lowest BCUT2D eigenvalue weighted by molar-refractivity contribution is -0.116. The summed E-state index contributed by atoms with van der Waals surface area (Å²) in [6.45, 7) is 3.00. The highest BCUT2D eigenvalue weighted by atomic mass is 16.5. The van der Waals surface area contributed by atoms with Crippen molar-refractivity contribution in [1.82, 2.24) is 15.1 Å². The zero-order chi connectivity index (χ0) is 23.6. The van der Waals surface area contributed by atoms with E-state index in [9.17, 15) is 14.4 Å². The Morgan fingerprint density at radius 1 is 1.06 bits per heavy atom. The van der Waals surface area contributed by atoms with Gasteiger partial charge in [0.2, 0.25) is 0 Å². The number of carbonyl (C=O) groups excluding carboxylic acids is 2. The normalized spacial score (nSPS) is 10.6. The summed E-state index contributed by atoms with van der Waals surface area (Å²) in [5.74, 6) is -0.0542. The van der Waals surface area contributed by atoms with Gasteiger partial charge in [0.25, 0.3) is 5.56 Å². The lowest BCUT2D eigenvalue weighted by atomic mass is 10.1. The second-order valence-electron chi connectivity index (χ2n) is 7.31. The molecule has 0 aliphatic carbocycles. The van der Waals surface area contributed by atoms with Crippen LogP contribution in [0, 0.1) is 0 Å². The van der Waals surface area contributed by atoms with Crippen LogP contribution >= 0.6 is 0 Å². The highest BCUT2D eigenvalue weighted by molar-refractivity contribution is 5.84. The van der Waals surface area contributed by atoms with Crippen molar-refractivity contribution in [2.75, 3.05) is 25.0 Å². The molecule has 33 heavy (non-hydrogen) atoms. The Balaban J connectivity index is 1.75. The van der Waals surface area contributed by atoms with Crippen molar-refractivity contribution < 1.29 is 14.3 Å². The number of anilines is 1. The summed E-state index contributed by atoms with van der Waals surface area (Å²) in [6.07, 6.45) is -0.534. The van der Waals surface area contributed by atoms with Gasteiger partial charge in [-0.25, -0.2) is 9.48 Å². The summed E-state index contributed by atoms with van der Waals surface area (Å²) in [7, 11) is 0. The standard InChI is InChI=1S/C24H27N5O4/c1-2-33-24(32)27-20-8-4-6-18(12-20)16-29-23(31)10-9-22(28-29)19-7-3-5-17(11-19)14-26-15-21(30)13-25/h3-12,26H,2,13-16,25H2,1H3,(H,27,32). The Morgan fingerprint density at radius 2 is 1.85 bits per heavy atom. The monoisotopic (exact) mass is 449 g/mol. The van der Waals surface area contributed by atoms with Crippen LogP contribution in [0.1, 0.15) is 18.1 Å². The molecule has 4 N–H and O–H groups in total. The number of aromatic nitrogens is 2. The summed E-state index contributed by atoms with van der Waals surface area (Å²) in [5.41, 5.74) is 8.95. The van der Waals surface area contributed by atoms with Crippen LogP contribution in [0.3, 0.4) is 0 Å². The summed E-state index contributed by atoms with van der Waals surface area (Å²) >= 11 is 0. The number of hydrogen-bond donors (Lipinski definition) is 3. The Kier molecular flexibility index (Phi) is 8.45. The van der Waals surface area contributed by atoms with Crippen molar-refractivity contribution in [3.05, 3.63) is 82.1 Å². The molecule has 0 saturated heterocycles. The van der Waals surface area contributed by atoms with Gasteiger partial charge >= 0.3 is 6.09 Å². The number of hydrogen-bond acceptors (Lipinski definition) is 7. The molecule has 9 nitrogen and oxygen atoms in total. The van der Waals surface area contributed by atoms with Gasteiger partial charge in [0.05, 0.1) is 31.9 Å². The first-order valence-corrected chi connectivity index (χ1v) is 10.6. The van der Waals surface area contributed by atoms with Gasteiger partial charge in [0.1, 0.15) is 0 Å². The largest absolute Gasteiger partial charge is 0.450 e. The average Bonchev–Trinajstić information content (AvgIpc) is 2.81. The molecule has 1 heterocycles. The predicted molar refractivity (Wildman–Crippen MR) is 126 cm³/mol. The number of benzene rings is 2. The van der Waals surface area contributed by atoms with Crippen molar-refractivity contribution in [2.45, 2.75) is 20.0 Å². The maximum atomic E-state index is 12.4. The van der Waals surface area contributed by atoms with Gasteiger partial charge in [-0.1, -0.05) is 30.3 Å². The molecule has 0 fully saturated rings. The molecule has 0 spiro atoms. The van der Waals surface area contributed by atoms with Crippen LogP contribution in [0.2, 0.25) is 0 Å². The van der Waals surface area contributed by atoms with E-state index in [1.165, 1.54) is 10.7 Å². The van der Waals surface area contributed by atoms with E-state index in [1.807, 2.05) is 30.3 Å². The minimum Gasteiger partial charge on any atom is -0.450 e. The van der Waals surface area contributed by atoms with E-state index >= 15 is 0 Å². The first-order valence-electron chi connectivity index (χ1n) is 10.6. The van der Waals surface area contributed by atoms with Crippen molar-refractivity contribution in [3.63, 3.8) is 0 Å². The molecule has 1 aromatic heterocycles. The van der Waals surface area contributed by atoms with E-state index in [0.717, 1.165) is 16.7 Å². The van der Waals surface area contributed by atoms with E-state index in [1.54, 1.807) is 31.2 Å². The predicted octanol–water partition coefficient (Wildman–Crippen LogP) is 2.14. The van der Waals surface area contributed by atoms with Crippen molar-refractivity contribution in [1.29, 1.82) is 0 Å². The number of nitrogens with two attached hydrogens (primary N) is 1. The number of nitrogens with one attached hydrogen (secondary N) is 2. The Morgan fingerprint density at radius 3 is 2.64 bits per heavy atom. The topological polar surface area (TPSA) is 128 Å². The molecule has 2 aromatic carbocycles. The number of amides is 1. The number of rotatable bonds is 10. The number of ketones is 1. The van der Waals surface area contributed by atoms with Gasteiger partial charge in [0.15, 0.2) is 5.78 Å². The molecule has 172 valence electrons. The van der Waals surface area contributed by atoms with E-state index in [-0.39, 0.29) is 37.6 Å². The summed E-state index contributed by atoms with van der Waals surface area (Å²) in [5, 5.41) is 10.2. The minimum atomic E-state index is -0.534. The maximum absolute atomic E-state index is 12.4. The number of ether oxygens (including phenoxy) is 1. The number of carbonyl (C=O) groups is 2. The second kappa shape index (κ2) is 11.7. The molecule has 0 bridgehead atoms. The third kappa shape index (κ3) is 7.09. The second-order valence-corrected chi connectivity index (χ2v) is 7.31. The minimum absolute atomic E-state index is 0.0142. The van der Waals surface area contributed by atoms with Gasteiger partial charge in [-0.05, 0) is 42.3 Å². The summed E-state index contributed by atoms with van der Waals surface area (Å²) in [4.78, 5) is 35.4. The van der Waals surface area contributed by atoms with Gasteiger partial charge in [-0.3, -0.25) is 14.9 Å². The van der Waals surface area contributed by atoms with Gasteiger partial charge in [-0.15, -0.1) is 0 Å². The van der Waals surface area contributed by atoms with E-state index in [2.05, 4.69) is 15.7 Å². The fourth-order valence-corrected chi connectivity index (χ4v) is 3.18. The van der Waals surface area contributed by atoms with Crippen molar-refractivity contribution in [3.8, 4) is 11.3 Å². The van der Waals surface area contributed by atoms with Crippen LogP contribution in [0.25, 0.3) is 11.3 Å². The Labute approximate surface area is 191 Å². The SMILES string of the molecule is CCOC(=O)Nc1cccc(Cn2nc(-c3cccc(CNCC(=O)CN)c3)ccc2=O)c1. The third-order valence-electron chi connectivity index (χ3n) is 4.75. The van der Waals surface area contributed by atoms with Crippen LogP contribution in [0.15, 0.2) is 65.5 Å². The van der Waals surface area contributed by atoms with Crippen molar-refractivity contribution in [2.24, 2.45) is 5.73 Å². The van der Waals surface area contributed by atoms with Gasteiger partial charge < -0.3 is 15.8 Å². The van der Waals surface area contributed by atoms with E-state index < -0.39 is 6.09 Å². The van der Waals surface area contributed by atoms with Crippen LogP contribution in [-0.4, -0.2) is 41.4 Å². The smallest absolute Gasteiger partial charge is 0.411 e. The molecule has 0 atom stereocenters. The Bertz CT molecular complexity index is 1180. The Hall–Kier alpha value is -3.82. The highest BCUT2D eigenvalue weighted by Gasteiger charge is 2.08. The average molecular weight is 450 g/mol. The molecular formula is C24H27N5O4. The van der Waals surface area contributed by atoms with E-state index in [0.29, 0.717) is 17.9 Å². The highest BCUT2D eigenvalue weighted by Crippen LogP contribution is 2.18. The number of Topliss-reactive ketones (excluding diaryl/α,β-unsaturated/α-hetero) is 1. The molecule has 0 aliphatic rings. The first-order chi connectivity index (χ1) is 16.0. The molecule has 1 amide bonds. The van der Waals surface area contributed by atoms with E-state index in [4.69, 9.17) is 10.5 Å². The quantitative estimate of drug-likeness (QED) is 0.433. The van der Waals surface area contributed by atoms with Crippen LogP contribution in [0.4, 0.5) is 10.5 Å². The van der Waals surface area contributed by atoms with Crippen LogP contribution < -0.4 is 21.9 Å². The fraction of sp³-hybridized carbons (Fsp3) is 0.250. The zero-order valence-corrected chi connectivity index (χ0v) is 18.4. The first kappa shape index (κ1) is 23.8. The molecule has 3 rings (SSSR count). The van der Waals surface area contributed by atoms with Crippen molar-refractivity contribution >= 4 is 17.6 Å². The van der Waals surface area contributed by atoms with Gasteiger partial charge in [0, 0.05) is 23.9 Å². The van der Waals surface area contributed by atoms with Gasteiger partial charge in [-0.2, -0.15) is 5.10 Å². The van der Waals surface area contributed by atoms with Crippen LogP contribution in [-0.2, 0) is 22.6 Å². The molecule has 0 saturated carbocycles. The molecule has 9 heteroatoms. The van der Waals surface area contributed by atoms with Crippen LogP contribution in [0.5, 0.6) is 0 Å². The fourth-order valence-electron chi connectivity index (χ4n) is 3.18. The molecule has 3 aromatic rings. The third-order valence-corrected chi connectivity index (χ3v) is 4.75. The zero-order valence-electron chi connectivity index (χ0n) is 18.4. The molecule has 0 aliphatic heterocycles. The lowest BCUT2D eigenvalue weighted by Gasteiger charge is -2.10. The summed E-state index contributed by atoms with van der Waals surface area (Å²) in [6, 6.07) is 18.0. The summed E-state index contributed by atoms with van der Waals surface area (Å²) < 4.78 is 6.27. The molecule has 0 radical (unpaired) electrons.